The van der Waals surface area contributed by atoms with E-state index in [2.05, 4.69) is 39.5 Å². The van der Waals surface area contributed by atoms with E-state index in [0.29, 0.717) is 10.8 Å². The predicted octanol–water partition coefficient (Wildman–Crippen LogP) is 4.01. The van der Waals surface area contributed by atoms with E-state index in [1.807, 2.05) is 41.1 Å². The van der Waals surface area contributed by atoms with Crippen molar-refractivity contribution < 1.29 is 4.79 Å². The monoisotopic (exact) mass is 426 g/mol. The number of rotatable bonds is 7. The van der Waals surface area contributed by atoms with E-state index in [9.17, 15) is 4.79 Å². The van der Waals surface area contributed by atoms with Gasteiger partial charge >= 0.3 is 0 Å². The zero-order valence-electron chi connectivity index (χ0n) is 16.0. The summed E-state index contributed by atoms with van der Waals surface area (Å²) in [4.78, 5) is 19.2. The molecule has 4 rings (SSSR count). The Bertz CT molecular complexity index is 945. The highest BCUT2D eigenvalue weighted by atomic mass is 35.5. The van der Waals surface area contributed by atoms with Gasteiger partial charge in [0.05, 0.1) is 5.75 Å². The van der Waals surface area contributed by atoms with Crippen LogP contribution >= 0.6 is 23.4 Å². The molecule has 5 nitrogen and oxygen atoms in total. The summed E-state index contributed by atoms with van der Waals surface area (Å²) in [6.07, 6.45) is 4.62. The van der Waals surface area contributed by atoms with Gasteiger partial charge in [-0.15, -0.1) is 0 Å². The van der Waals surface area contributed by atoms with Gasteiger partial charge in [0.2, 0.25) is 5.91 Å². The van der Waals surface area contributed by atoms with E-state index in [0.717, 1.165) is 36.9 Å². The molecular weight excluding hydrogens is 404 g/mol. The van der Waals surface area contributed by atoms with Crippen LogP contribution in [0.5, 0.6) is 0 Å². The fourth-order valence-corrected chi connectivity index (χ4v) is 4.44. The molecular formula is C22H23ClN4OS. The van der Waals surface area contributed by atoms with Gasteiger partial charge in [-0.2, -0.15) is 0 Å². The number of nitrogens with zero attached hydrogens (tertiary/aromatic N) is 3. The van der Waals surface area contributed by atoms with Crippen molar-refractivity contribution >= 4 is 29.3 Å². The van der Waals surface area contributed by atoms with Gasteiger partial charge in [0.1, 0.15) is 0 Å². The Kier molecular flexibility index (Phi) is 6.54. The average Bonchev–Trinajstić information content (AvgIpc) is 3.37. The lowest BCUT2D eigenvalue weighted by molar-refractivity contribution is -0.119. The van der Waals surface area contributed by atoms with Crippen molar-refractivity contribution in [3.05, 3.63) is 77.6 Å². The van der Waals surface area contributed by atoms with E-state index >= 15 is 0 Å². The first kappa shape index (κ1) is 20.0. The van der Waals surface area contributed by atoms with E-state index < -0.39 is 0 Å². The van der Waals surface area contributed by atoms with Crippen molar-refractivity contribution in [3.63, 3.8) is 0 Å². The second-order valence-electron chi connectivity index (χ2n) is 7.12. The highest BCUT2D eigenvalue weighted by Gasteiger charge is 2.24. The van der Waals surface area contributed by atoms with E-state index in [4.69, 9.17) is 11.6 Å². The molecule has 29 heavy (non-hydrogen) atoms. The SMILES string of the molecule is O=C(CSc1nccn1-c1ccc(Cl)cc1)NC1CCN(Cc2ccccc2)C1. The molecule has 1 aromatic heterocycles. The number of amides is 1. The molecule has 1 aliphatic rings. The number of nitrogens with one attached hydrogen (secondary N) is 1. The molecule has 0 saturated carbocycles. The van der Waals surface area contributed by atoms with Gasteiger partial charge in [0.15, 0.2) is 5.16 Å². The smallest absolute Gasteiger partial charge is 0.230 e. The molecule has 0 bridgehead atoms. The summed E-state index contributed by atoms with van der Waals surface area (Å²) in [5, 5.41) is 4.65. The minimum atomic E-state index is 0.0483. The number of thioether (sulfide) groups is 1. The van der Waals surface area contributed by atoms with Crippen LogP contribution in [0.4, 0.5) is 0 Å². The quantitative estimate of drug-likeness (QED) is 0.580. The van der Waals surface area contributed by atoms with Crippen LogP contribution in [0.25, 0.3) is 5.69 Å². The molecule has 1 fully saturated rings. The lowest BCUT2D eigenvalue weighted by atomic mass is 10.2. The Morgan fingerprint density at radius 3 is 2.76 bits per heavy atom. The molecule has 150 valence electrons. The first-order valence-electron chi connectivity index (χ1n) is 9.65. The topological polar surface area (TPSA) is 50.2 Å². The molecule has 0 aliphatic carbocycles. The van der Waals surface area contributed by atoms with Crippen molar-refractivity contribution in [1.82, 2.24) is 19.8 Å². The number of imidazole rings is 1. The summed E-state index contributed by atoms with van der Waals surface area (Å²) in [5.74, 6) is 0.395. The summed E-state index contributed by atoms with van der Waals surface area (Å²) in [6, 6.07) is 18.2. The van der Waals surface area contributed by atoms with Gasteiger partial charge < -0.3 is 5.32 Å². The van der Waals surface area contributed by atoms with Crippen LogP contribution in [0.15, 0.2) is 72.1 Å². The maximum Gasteiger partial charge on any atom is 0.230 e. The van der Waals surface area contributed by atoms with Crippen LogP contribution in [0, 0.1) is 0 Å². The summed E-state index contributed by atoms with van der Waals surface area (Å²) in [5.41, 5.74) is 2.28. The van der Waals surface area contributed by atoms with E-state index in [1.54, 1.807) is 6.20 Å². The van der Waals surface area contributed by atoms with Crippen molar-refractivity contribution in [3.8, 4) is 5.69 Å². The molecule has 1 aliphatic heterocycles. The maximum absolute atomic E-state index is 12.4. The first-order valence-corrected chi connectivity index (χ1v) is 11.0. The van der Waals surface area contributed by atoms with Gasteiger partial charge in [-0.25, -0.2) is 4.98 Å². The molecule has 1 saturated heterocycles. The van der Waals surface area contributed by atoms with Crippen molar-refractivity contribution in [1.29, 1.82) is 0 Å². The van der Waals surface area contributed by atoms with Crippen LogP contribution in [0.1, 0.15) is 12.0 Å². The van der Waals surface area contributed by atoms with Gasteiger partial charge in [0, 0.05) is 48.8 Å². The number of halogens is 1. The summed E-state index contributed by atoms with van der Waals surface area (Å²) in [7, 11) is 0. The van der Waals surface area contributed by atoms with Crippen molar-refractivity contribution in [2.24, 2.45) is 0 Å². The minimum absolute atomic E-state index is 0.0483. The number of carbonyl (C=O) groups is 1. The lowest BCUT2D eigenvalue weighted by Crippen LogP contribution is -2.38. The Morgan fingerprint density at radius 1 is 1.17 bits per heavy atom. The molecule has 1 unspecified atom stereocenters. The maximum atomic E-state index is 12.4. The molecule has 1 atom stereocenters. The molecule has 0 radical (unpaired) electrons. The Balaban J connectivity index is 1.26. The third-order valence-corrected chi connectivity index (χ3v) is 6.15. The molecule has 2 aromatic carbocycles. The summed E-state index contributed by atoms with van der Waals surface area (Å²) in [6.45, 7) is 2.83. The third-order valence-electron chi connectivity index (χ3n) is 4.93. The second-order valence-corrected chi connectivity index (χ2v) is 8.50. The van der Waals surface area contributed by atoms with Crippen molar-refractivity contribution in [2.45, 2.75) is 24.2 Å². The van der Waals surface area contributed by atoms with Crippen LogP contribution in [-0.4, -0.2) is 45.2 Å². The Hall–Kier alpha value is -2.28. The summed E-state index contributed by atoms with van der Waals surface area (Å²) < 4.78 is 1.96. The zero-order chi connectivity index (χ0) is 20.1. The standard InChI is InChI=1S/C22H23ClN4OS/c23-18-6-8-20(9-7-18)27-13-11-24-22(27)29-16-21(28)25-19-10-12-26(15-19)14-17-4-2-1-3-5-17/h1-9,11,13,19H,10,12,14-16H2,(H,25,28). The number of aromatic nitrogens is 2. The first-order chi connectivity index (χ1) is 14.2. The van der Waals surface area contributed by atoms with Gasteiger partial charge in [-0.1, -0.05) is 53.7 Å². The lowest BCUT2D eigenvalue weighted by Gasteiger charge is -2.16. The van der Waals surface area contributed by atoms with Gasteiger partial charge in [0.25, 0.3) is 0 Å². The normalized spacial score (nSPS) is 16.8. The fourth-order valence-electron chi connectivity index (χ4n) is 3.53. The molecule has 1 N–H and O–H groups in total. The Labute approximate surface area is 180 Å². The molecule has 7 heteroatoms. The largest absolute Gasteiger partial charge is 0.351 e. The fraction of sp³-hybridized carbons (Fsp3) is 0.273. The zero-order valence-corrected chi connectivity index (χ0v) is 17.6. The van der Waals surface area contributed by atoms with E-state index in [-0.39, 0.29) is 11.9 Å². The number of benzene rings is 2. The molecule has 3 aromatic rings. The Morgan fingerprint density at radius 2 is 1.97 bits per heavy atom. The van der Waals surface area contributed by atoms with Crippen LogP contribution in [-0.2, 0) is 11.3 Å². The van der Waals surface area contributed by atoms with E-state index in [1.165, 1.54) is 17.3 Å². The number of hydrogen-bond acceptors (Lipinski definition) is 4. The highest BCUT2D eigenvalue weighted by Crippen LogP contribution is 2.22. The molecule has 2 heterocycles. The average molecular weight is 427 g/mol. The number of hydrogen-bond donors (Lipinski definition) is 1. The van der Waals surface area contributed by atoms with Crippen LogP contribution in [0.2, 0.25) is 5.02 Å². The minimum Gasteiger partial charge on any atom is -0.351 e. The predicted molar refractivity (Wildman–Crippen MR) is 118 cm³/mol. The van der Waals surface area contributed by atoms with Crippen LogP contribution in [0.3, 0.4) is 0 Å². The van der Waals surface area contributed by atoms with Crippen molar-refractivity contribution in [2.75, 3.05) is 18.8 Å². The van der Waals surface area contributed by atoms with Crippen LogP contribution < -0.4 is 5.32 Å². The number of likely N-dealkylation sites (tertiary alicyclic amines) is 1. The van der Waals surface area contributed by atoms with Gasteiger partial charge in [-0.3, -0.25) is 14.3 Å². The highest BCUT2D eigenvalue weighted by molar-refractivity contribution is 7.99. The molecule has 1 amide bonds. The number of carbonyl (C=O) groups excluding carboxylic acids is 1. The second kappa shape index (κ2) is 9.48. The molecule has 0 spiro atoms. The third kappa shape index (κ3) is 5.41. The summed E-state index contributed by atoms with van der Waals surface area (Å²) >= 11 is 7.41. The van der Waals surface area contributed by atoms with Gasteiger partial charge in [-0.05, 0) is 36.2 Å².